The molecule has 1 aliphatic rings. The Bertz CT molecular complexity index is 1070. The van der Waals surface area contributed by atoms with Crippen molar-refractivity contribution in [1.29, 1.82) is 0 Å². The van der Waals surface area contributed by atoms with E-state index in [2.05, 4.69) is 34.1 Å². The first-order valence-electron chi connectivity index (χ1n) is 11.2. The van der Waals surface area contributed by atoms with Gasteiger partial charge in [-0.3, -0.25) is 19.5 Å². The summed E-state index contributed by atoms with van der Waals surface area (Å²) in [4.78, 5) is 33.9. The molecule has 1 amide bonds. The molecular formula is C26H29N3O3. The molecule has 2 heterocycles. The predicted molar refractivity (Wildman–Crippen MR) is 125 cm³/mol. The van der Waals surface area contributed by atoms with Crippen molar-refractivity contribution in [3.63, 3.8) is 0 Å². The first-order chi connectivity index (χ1) is 15.6. The van der Waals surface area contributed by atoms with Gasteiger partial charge >= 0.3 is 0 Å². The number of benzene rings is 2. The summed E-state index contributed by atoms with van der Waals surface area (Å²) in [5.74, 6) is 0.788. The molecule has 1 aromatic heterocycles. The number of ketones is 1. The zero-order chi connectivity index (χ0) is 22.3. The van der Waals surface area contributed by atoms with Crippen LogP contribution in [0.3, 0.4) is 0 Å². The molecule has 166 valence electrons. The number of rotatable bonds is 8. The van der Waals surface area contributed by atoms with Gasteiger partial charge in [-0.2, -0.15) is 0 Å². The molecule has 1 saturated heterocycles. The van der Waals surface area contributed by atoms with Crippen LogP contribution in [0.5, 0.6) is 5.75 Å². The molecule has 0 spiro atoms. The molecule has 2 aromatic carbocycles. The SMILES string of the molecule is CCOc1ccc(C(=O)CCC(=O)N2CCN(Cc3cccc4cccnc34)CC2)cc1. The van der Waals surface area contributed by atoms with E-state index in [-0.39, 0.29) is 24.5 Å². The van der Waals surface area contributed by atoms with Crippen LogP contribution in [0.2, 0.25) is 0 Å². The van der Waals surface area contributed by atoms with Gasteiger partial charge < -0.3 is 9.64 Å². The van der Waals surface area contributed by atoms with Crippen LogP contribution >= 0.6 is 0 Å². The molecule has 1 fully saturated rings. The summed E-state index contributed by atoms with van der Waals surface area (Å²) >= 11 is 0. The minimum atomic E-state index is -0.0107. The molecular weight excluding hydrogens is 402 g/mol. The molecule has 0 aliphatic carbocycles. The Kier molecular flexibility index (Phi) is 7.12. The average molecular weight is 432 g/mol. The van der Waals surface area contributed by atoms with Gasteiger partial charge in [0.15, 0.2) is 5.78 Å². The van der Waals surface area contributed by atoms with Crippen LogP contribution < -0.4 is 4.74 Å². The normalized spacial score (nSPS) is 14.5. The summed E-state index contributed by atoms with van der Waals surface area (Å²) in [7, 11) is 0. The summed E-state index contributed by atoms with van der Waals surface area (Å²) < 4.78 is 5.41. The maximum absolute atomic E-state index is 12.6. The highest BCUT2D eigenvalue weighted by molar-refractivity contribution is 5.98. The van der Waals surface area contributed by atoms with Crippen LogP contribution in [0.15, 0.2) is 60.8 Å². The predicted octanol–water partition coefficient (Wildman–Crippen LogP) is 3.94. The monoisotopic (exact) mass is 431 g/mol. The van der Waals surface area contributed by atoms with Gasteiger partial charge in [-0.05, 0) is 42.8 Å². The molecule has 3 aromatic rings. The maximum atomic E-state index is 12.6. The number of hydrogen-bond donors (Lipinski definition) is 0. The fourth-order valence-electron chi connectivity index (χ4n) is 4.12. The molecule has 0 bridgehead atoms. The van der Waals surface area contributed by atoms with Crippen LogP contribution in [0.4, 0.5) is 0 Å². The molecule has 0 unspecified atom stereocenters. The molecule has 4 rings (SSSR count). The van der Waals surface area contributed by atoms with Crippen LogP contribution in [0.1, 0.15) is 35.7 Å². The number of nitrogens with zero attached hydrogens (tertiary/aromatic N) is 3. The number of Topliss-reactive ketones (excluding diaryl/α,β-unsaturated/α-hetero) is 1. The quantitative estimate of drug-likeness (QED) is 0.506. The number of hydrogen-bond acceptors (Lipinski definition) is 5. The first-order valence-corrected chi connectivity index (χ1v) is 11.2. The fourth-order valence-corrected chi connectivity index (χ4v) is 4.12. The van der Waals surface area contributed by atoms with Crippen molar-refractivity contribution in [3.05, 3.63) is 71.9 Å². The third-order valence-corrected chi connectivity index (χ3v) is 5.89. The van der Waals surface area contributed by atoms with Crippen molar-refractivity contribution in [2.75, 3.05) is 32.8 Å². The van der Waals surface area contributed by atoms with Gasteiger partial charge in [0.25, 0.3) is 0 Å². The zero-order valence-electron chi connectivity index (χ0n) is 18.5. The average Bonchev–Trinajstić information content (AvgIpc) is 2.84. The van der Waals surface area contributed by atoms with Crippen LogP contribution in [0, 0.1) is 0 Å². The Morgan fingerprint density at radius 2 is 1.69 bits per heavy atom. The number of piperazine rings is 1. The number of carbonyl (C=O) groups is 2. The summed E-state index contributed by atoms with van der Waals surface area (Å²) in [6.45, 7) is 6.36. The number of carbonyl (C=O) groups excluding carboxylic acids is 2. The molecule has 32 heavy (non-hydrogen) atoms. The first kappa shape index (κ1) is 22.0. The van der Waals surface area contributed by atoms with Crippen molar-refractivity contribution >= 4 is 22.6 Å². The lowest BCUT2D eigenvalue weighted by Crippen LogP contribution is -2.48. The van der Waals surface area contributed by atoms with E-state index < -0.39 is 0 Å². The van der Waals surface area contributed by atoms with Gasteiger partial charge in [-0.1, -0.05) is 24.3 Å². The van der Waals surface area contributed by atoms with Crippen LogP contribution in [-0.4, -0.2) is 59.3 Å². The lowest BCUT2D eigenvalue weighted by Gasteiger charge is -2.35. The summed E-state index contributed by atoms with van der Waals surface area (Å²) in [5, 5.41) is 1.15. The minimum Gasteiger partial charge on any atom is -0.494 e. The third-order valence-electron chi connectivity index (χ3n) is 5.89. The highest BCUT2D eigenvalue weighted by atomic mass is 16.5. The number of ether oxygens (including phenoxy) is 1. The van der Waals surface area contributed by atoms with Gasteiger partial charge in [0.05, 0.1) is 12.1 Å². The van der Waals surface area contributed by atoms with E-state index in [0.29, 0.717) is 25.3 Å². The molecule has 0 atom stereocenters. The van der Waals surface area contributed by atoms with Gasteiger partial charge in [-0.25, -0.2) is 0 Å². The Balaban J connectivity index is 1.25. The fraction of sp³-hybridized carbons (Fsp3) is 0.346. The second-order valence-corrected chi connectivity index (χ2v) is 8.03. The largest absolute Gasteiger partial charge is 0.494 e. The maximum Gasteiger partial charge on any atom is 0.223 e. The molecule has 1 aliphatic heterocycles. The second kappa shape index (κ2) is 10.4. The van der Waals surface area contributed by atoms with Gasteiger partial charge in [-0.15, -0.1) is 0 Å². The Morgan fingerprint density at radius 1 is 0.938 bits per heavy atom. The van der Waals surface area contributed by atoms with Crippen molar-refractivity contribution in [1.82, 2.24) is 14.8 Å². The third kappa shape index (κ3) is 5.32. The number of amides is 1. The van der Waals surface area contributed by atoms with E-state index in [1.165, 1.54) is 5.56 Å². The van der Waals surface area contributed by atoms with Crippen LogP contribution in [0.25, 0.3) is 10.9 Å². The van der Waals surface area contributed by atoms with Crippen LogP contribution in [-0.2, 0) is 11.3 Å². The topological polar surface area (TPSA) is 62.7 Å². The smallest absolute Gasteiger partial charge is 0.223 e. The zero-order valence-corrected chi connectivity index (χ0v) is 18.5. The summed E-state index contributed by atoms with van der Waals surface area (Å²) in [6.07, 6.45) is 2.31. The standard InChI is InChI=1S/C26H29N3O3/c1-2-32-23-10-8-20(9-11-23)24(30)12-13-25(31)29-17-15-28(16-18-29)19-22-6-3-5-21-7-4-14-27-26(21)22/h3-11,14H,2,12-13,15-19H2,1H3. The van der Waals surface area contributed by atoms with E-state index in [9.17, 15) is 9.59 Å². The van der Waals surface area contributed by atoms with Gasteiger partial charge in [0, 0.05) is 62.7 Å². The van der Waals surface area contributed by atoms with E-state index in [0.717, 1.165) is 36.3 Å². The summed E-state index contributed by atoms with van der Waals surface area (Å²) in [5.41, 5.74) is 2.87. The highest BCUT2D eigenvalue weighted by Crippen LogP contribution is 2.19. The molecule has 0 saturated carbocycles. The lowest BCUT2D eigenvalue weighted by atomic mass is 10.1. The highest BCUT2D eigenvalue weighted by Gasteiger charge is 2.22. The number of para-hydroxylation sites is 1. The van der Waals surface area contributed by atoms with Crippen molar-refractivity contribution in [3.8, 4) is 5.75 Å². The lowest BCUT2D eigenvalue weighted by molar-refractivity contribution is -0.132. The number of fused-ring (bicyclic) bond motifs is 1. The Morgan fingerprint density at radius 3 is 2.44 bits per heavy atom. The van der Waals surface area contributed by atoms with E-state index in [1.54, 1.807) is 24.3 Å². The second-order valence-electron chi connectivity index (χ2n) is 8.03. The van der Waals surface area contributed by atoms with Crippen molar-refractivity contribution in [2.24, 2.45) is 0 Å². The van der Waals surface area contributed by atoms with Gasteiger partial charge in [0.2, 0.25) is 5.91 Å². The summed E-state index contributed by atoms with van der Waals surface area (Å²) in [6, 6.07) is 17.4. The number of pyridine rings is 1. The molecule has 0 radical (unpaired) electrons. The van der Waals surface area contributed by atoms with E-state index in [4.69, 9.17) is 4.74 Å². The minimum absolute atomic E-state index is 0.0107. The van der Waals surface area contributed by atoms with Crippen molar-refractivity contribution < 1.29 is 14.3 Å². The Labute approximate surface area is 188 Å². The number of aromatic nitrogens is 1. The Hall–Kier alpha value is -3.25. The molecule has 6 nitrogen and oxygen atoms in total. The molecule has 0 N–H and O–H groups in total. The van der Waals surface area contributed by atoms with E-state index in [1.807, 2.05) is 24.1 Å². The van der Waals surface area contributed by atoms with E-state index >= 15 is 0 Å². The molecule has 6 heteroatoms. The van der Waals surface area contributed by atoms with Crippen molar-refractivity contribution in [2.45, 2.75) is 26.3 Å². The van der Waals surface area contributed by atoms with Gasteiger partial charge in [0.1, 0.15) is 5.75 Å².